The summed E-state index contributed by atoms with van der Waals surface area (Å²) in [6.45, 7) is 2.09. The van der Waals surface area contributed by atoms with E-state index in [1.165, 1.54) is 6.08 Å². The smallest absolute Gasteiger partial charge is 0.244 e. The number of carbonyl (C=O) groups is 2. The van der Waals surface area contributed by atoms with E-state index in [0.29, 0.717) is 31.0 Å². The van der Waals surface area contributed by atoms with Gasteiger partial charge in [-0.15, -0.1) is 0 Å². The summed E-state index contributed by atoms with van der Waals surface area (Å²) in [5.41, 5.74) is 0.825. The normalized spacial score (nSPS) is 15.0. The van der Waals surface area contributed by atoms with E-state index in [0.717, 1.165) is 37.8 Å². The van der Waals surface area contributed by atoms with Gasteiger partial charge in [-0.05, 0) is 43.0 Å². The number of hydrogen-bond acceptors (Lipinski definition) is 4. The van der Waals surface area contributed by atoms with Crippen molar-refractivity contribution in [1.82, 2.24) is 10.2 Å². The van der Waals surface area contributed by atoms with Gasteiger partial charge >= 0.3 is 0 Å². The minimum absolute atomic E-state index is 0.158. The van der Waals surface area contributed by atoms with Crippen molar-refractivity contribution in [1.29, 1.82) is 0 Å². The topological polar surface area (TPSA) is 67.9 Å². The lowest BCUT2D eigenvalue weighted by Crippen LogP contribution is -2.33. The highest BCUT2D eigenvalue weighted by molar-refractivity contribution is 5.91. The van der Waals surface area contributed by atoms with Gasteiger partial charge in [0.15, 0.2) is 0 Å². The highest BCUT2D eigenvalue weighted by Crippen LogP contribution is 2.23. The number of ether oxygens (including phenoxy) is 2. The van der Waals surface area contributed by atoms with E-state index in [2.05, 4.69) is 5.32 Å². The molecule has 0 atom stereocenters. The summed E-state index contributed by atoms with van der Waals surface area (Å²) in [7, 11) is 3.17. The van der Waals surface area contributed by atoms with Crippen LogP contribution < -0.4 is 14.8 Å². The number of rotatable bonds is 8. The quantitative estimate of drug-likeness (QED) is 0.572. The number of hydrogen-bond donors (Lipinski definition) is 1. The summed E-state index contributed by atoms with van der Waals surface area (Å²) < 4.78 is 10.4. The van der Waals surface area contributed by atoms with Crippen molar-refractivity contribution in [2.75, 3.05) is 33.9 Å². The third kappa shape index (κ3) is 6.43. The highest BCUT2D eigenvalue weighted by Gasteiger charge is 2.15. The molecular formula is C20H28N2O4. The van der Waals surface area contributed by atoms with Crippen LogP contribution in [0.25, 0.3) is 6.08 Å². The second-order valence-corrected chi connectivity index (χ2v) is 6.32. The molecule has 0 aromatic heterocycles. The zero-order chi connectivity index (χ0) is 18.8. The third-order valence-electron chi connectivity index (χ3n) is 4.38. The monoisotopic (exact) mass is 360 g/mol. The van der Waals surface area contributed by atoms with E-state index < -0.39 is 0 Å². The van der Waals surface area contributed by atoms with Crippen LogP contribution in [0.5, 0.6) is 11.5 Å². The van der Waals surface area contributed by atoms with Gasteiger partial charge in [0.2, 0.25) is 11.8 Å². The molecule has 6 heteroatoms. The van der Waals surface area contributed by atoms with Crippen molar-refractivity contribution in [3.05, 3.63) is 29.8 Å². The summed E-state index contributed by atoms with van der Waals surface area (Å²) >= 11 is 0. The summed E-state index contributed by atoms with van der Waals surface area (Å²) in [6, 6.07) is 5.44. The first kappa shape index (κ1) is 19.8. The van der Waals surface area contributed by atoms with E-state index in [1.54, 1.807) is 26.4 Å². The number of benzene rings is 1. The van der Waals surface area contributed by atoms with E-state index in [9.17, 15) is 9.59 Å². The molecule has 142 valence electrons. The van der Waals surface area contributed by atoms with Gasteiger partial charge in [0.25, 0.3) is 0 Å². The summed E-state index contributed by atoms with van der Waals surface area (Å²) in [5.74, 6) is 1.42. The highest BCUT2D eigenvalue weighted by atomic mass is 16.5. The predicted molar refractivity (Wildman–Crippen MR) is 101 cm³/mol. The Kier molecular flexibility index (Phi) is 7.99. The lowest BCUT2D eigenvalue weighted by Gasteiger charge is -2.20. The van der Waals surface area contributed by atoms with Crippen molar-refractivity contribution in [2.24, 2.45) is 0 Å². The van der Waals surface area contributed by atoms with E-state index >= 15 is 0 Å². The van der Waals surface area contributed by atoms with Gasteiger partial charge in [-0.1, -0.05) is 6.42 Å². The number of amides is 2. The largest absolute Gasteiger partial charge is 0.497 e. The average molecular weight is 360 g/mol. The zero-order valence-electron chi connectivity index (χ0n) is 15.6. The first-order valence-corrected chi connectivity index (χ1v) is 9.09. The maximum absolute atomic E-state index is 12.0. The van der Waals surface area contributed by atoms with Crippen LogP contribution >= 0.6 is 0 Å². The number of methoxy groups -OCH3 is 2. The van der Waals surface area contributed by atoms with E-state index in [-0.39, 0.29) is 11.8 Å². The molecule has 0 unspecified atom stereocenters. The Hall–Kier alpha value is -2.50. The molecule has 1 saturated heterocycles. The van der Waals surface area contributed by atoms with Crippen LogP contribution in [0.1, 0.15) is 37.7 Å². The molecule has 0 saturated carbocycles. The molecule has 0 bridgehead atoms. The number of likely N-dealkylation sites (tertiary alicyclic amines) is 1. The Morgan fingerprint density at radius 3 is 2.58 bits per heavy atom. The molecular weight excluding hydrogens is 332 g/mol. The Bertz CT molecular complexity index is 620. The van der Waals surface area contributed by atoms with Crippen molar-refractivity contribution < 1.29 is 19.1 Å². The maximum atomic E-state index is 12.0. The molecule has 1 N–H and O–H groups in total. The maximum Gasteiger partial charge on any atom is 0.244 e. The molecule has 1 heterocycles. The number of carbonyl (C=O) groups excluding carboxylic acids is 2. The second kappa shape index (κ2) is 10.5. The molecule has 1 aromatic rings. The fraction of sp³-hybridized carbons (Fsp3) is 0.500. The minimum Gasteiger partial charge on any atom is -0.497 e. The third-order valence-corrected chi connectivity index (χ3v) is 4.38. The van der Waals surface area contributed by atoms with Gasteiger partial charge in [-0.2, -0.15) is 0 Å². The van der Waals surface area contributed by atoms with Crippen LogP contribution in [0.2, 0.25) is 0 Å². The Morgan fingerprint density at radius 1 is 1.15 bits per heavy atom. The van der Waals surface area contributed by atoms with Gasteiger partial charge in [0.1, 0.15) is 11.5 Å². The molecule has 1 aliphatic heterocycles. The van der Waals surface area contributed by atoms with Gasteiger partial charge in [0.05, 0.1) is 14.2 Å². The Balaban J connectivity index is 1.76. The number of nitrogens with one attached hydrogen (secondary N) is 1. The van der Waals surface area contributed by atoms with Crippen molar-refractivity contribution in [2.45, 2.75) is 32.1 Å². The molecule has 1 fully saturated rings. The van der Waals surface area contributed by atoms with Gasteiger partial charge in [-0.25, -0.2) is 0 Å². The standard InChI is InChI=1S/C20H28N2O4/c1-25-17-13-16(14-18(15-17)26-2)8-9-19(23)21-10-6-12-22-11-5-3-4-7-20(22)24/h8-9,13-15H,3-7,10-12H2,1-2H3,(H,21,23)/b9-8+. The van der Waals surface area contributed by atoms with Crippen LogP contribution in [0, 0.1) is 0 Å². The molecule has 0 spiro atoms. The zero-order valence-corrected chi connectivity index (χ0v) is 15.6. The lowest BCUT2D eigenvalue weighted by atomic mass is 10.2. The van der Waals surface area contributed by atoms with Gasteiger partial charge < -0.3 is 19.7 Å². The fourth-order valence-corrected chi connectivity index (χ4v) is 2.91. The second-order valence-electron chi connectivity index (χ2n) is 6.32. The van der Waals surface area contributed by atoms with E-state index in [4.69, 9.17) is 9.47 Å². The van der Waals surface area contributed by atoms with Crippen molar-refractivity contribution in [3.63, 3.8) is 0 Å². The van der Waals surface area contributed by atoms with Crippen LogP contribution in [0.15, 0.2) is 24.3 Å². The molecule has 0 radical (unpaired) electrons. The Morgan fingerprint density at radius 2 is 1.88 bits per heavy atom. The number of nitrogens with zero attached hydrogens (tertiary/aromatic N) is 1. The molecule has 0 aliphatic carbocycles. The fourth-order valence-electron chi connectivity index (χ4n) is 2.91. The SMILES string of the molecule is COc1cc(/C=C/C(=O)NCCCN2CCCCCC2=O)cc(OC)c1. The molecule has 1 aliphatic rings. The summed E-state index contributed by atoms with van der Waals surface area (Å²) in [5, 5.41) is 2.85. The van der Waals surface area contributed by atoms with E-state index in [1.807, 2.05) is 17.0 Å². The van der Waals surface area contributed by atoms with Crippen molar-refractivity contribution >= 4 is 17.9 Å². The van der Waals surface area contributed by atoms with Gasteiger partial charge in [-0.3, -0.25) is 9.59 Å². The summed E-state index contributed by atoms with van der Waals surface area (Å²) in [6.07, 6.45) is 7.82. The first-order valence-electron chi connectivity index (χ1n) is 9.09. The minimum atomic E-state index is -0.158. The average Bonchev–Trinajstić information content (AvgIpc) is 2.87. The molecule has 6 nitrogen and oxygen atoms in total. The molecule has 2 rings (SSSR count). The molecule has 26 heavy (non-hydrogen) atoms. The van der Waals surface area contributed by atoms with Crippen LogP contribution in [0.4, 0.5) is 0 Å². The lowest BCUT2D eigenvalue weighted by molar-refractivity contribution is -0.130. The van der Waals surface area contributed by atoms with Crippen molar-refractivity contribution in [3.8, 4) is 11.5 Å². The van der Waals surface area contributed by atoms with Crippen LogP contribution in [-0.4, -0.2) is 50.6 Å². The molecule has 2 amide bonds. The Labute approximate surface area is 155 Å². The van der Waals surface area contributed by atoms with Gasteiger partial charge in [0, 0.05) is 38.2 Å². The predicted octanol–water partition coefficient (Wildman–Crippen LogP) is 2.63. The first-order chi connectivity index (χ1) is 12.6. The molecule has 1 aromatic carbocycles. The van der Waals surface area contributed by atoms with Crippen LogP contribution in [0.3, 0.4) is 0 Å². The van der Waals surface area contributed by atoms with Crippen LogP contribution in [-0.2, 0) is 9.59 Å². The summed E-state index contributed by atoms with van der Waals surface area (Å²) in [4.78, 5) is 25.8.